The maximum Gasteiger partial charge on any atom is 0.169 e. The number of nitrogens with one attached hydrogen (secondary N) is 2. The zero-order valence-electron chi connectivity index (χ0n) is 19.2. The average Bonchev–Trinajstić information content (AvgIpc) is 3.21. The van der Waals surface area contributed by atoms with Crippen molar-refractivity contribution in [2.45, 2.75) is 6.92 Å². The Labute approximate surface area is 202 Å². The second-order valence-corrected chi connectivity index (χ2v) is 7.75. The topological polar surface area (TPSA) is 96.5 Å². The number of hydrogen-bond donors (Lipinski definition) is 2. The van der Waals surface area contributed by atoms with Crippen LogP contribution in [0.5, 0.6) is 17.2 Å². The first-order valence-corrected chi connectivity index (χ1v) is 10.9. The first-order chi connectivity index (χ1) is 17.2. The molecule has 0 saturated heterocycles. The Hall–Kier alpha value is -5.03. The zero-order valence-corrected chi connectivity index (χ0v) is 19.2. The number of fused-ring (bicyclic) bond motifs is 1. The number of aryl methyl sites for hydroxylation is 1. The van der Waals surface area contributed by atoms with E-state index in [2.05, 4.69) is 26.8 Å². The van der Waals surface area contributed by atoms with E-state index in [1.807, 2.05) is 79.9 Å². The molecule has 8 heteroatoms. The molecule has 3 aromatic heterocycles. The molecule has 0 amide bonds. The van der Waals surface area contributed by atoms with E-state index in [-0.39, 0.29) is 0 Å². The molecule has 2 aromatic carbocycles. The summed E-state index contributed by atoms with van der Waals surface area (Å²) in [6.07, 6.45) is 5.17. The van der Waals surface area contributed by atoms with E-state index in [9.17, 15) is 5.26 Å². The minimum atomic E-state index is 0.442. The van der Waals surface area contributed by atoms with Gasteiger partial charge in [-0.1, -0.05) is 18.2 Å². The van der Waals surface area contributed by atoms with E-state index in [1.54, 1.807) is 24.0 Å². The number of anilines is 4. The van der Waals surface area contributed by atoms with Crippen molar-refractivity contribution < 1.29 is 9.47 Å². The summed E-state index contributed by atoms with van der Waals surface area (Å²) in [6, 6.07) is 22.9. The van der Waals surface area contributed by atoms with Crippen LogP contribution in [0.2, 0.25) is 0 Å². The Balaban J connectivity index is 1.45. The maximum atomic E-state index is 9.75. The fourth-order valence-corrected chi connectivity index (χ4v) is 3.78. The van der Waals surface area contributed by atoms with Gasteiger partial charge in [-0.15, -0.1) is 0 Å². The highest BCUT2D eigenvalue weighted by molar-refractivity contribution is 5.88. The Bertz CT molecular complexity index is 1520. The Kier molecular flexibility index (Phi) is 5.89. The van der Waals surface area contributed by atoms with Crippen LogP contribution in [0.1, 0.15) is 11.1 Å². The third-order valence-corrected chi connectivity index (χ3v) is 5.53. The fraction of sp³-hybridized carbons (Fsp3) is 0.0741. The summed E-state index contributed by atoms with van der Waals surface area (Å²) in [5, 5.41) is 20.9. The quantitative estimate of drug-likeness (QED) is 0.297. The zero-order chi connectivity index (χ0) is 24.2. The number of ether oxygens (including phenoxy) is 2. The van der Waals surface area contributed by atoms with Crippen LogP contribution in [-0.2, 0) is 0 Å². The van der Waals surface area contributed by atoms with Gasteiger partial charge in [0.25, 0.3) is 0 Å². The lowest BCUT2D eigenvalue weighted by atomic mass is 10.1. The monoisotopic (exact) mass is 462 g/mol. The second kappa shape index (κ2) is 9.45. The molecule has 2 N–H and O–H groups in total. The predicted octanol–water partition coefficient (Wildman–Crippen LogP) is 6.20. The number of para-hydroxylation sites is 2. The molecule has 0 aliphatic rings. The molecule has 0 atom stereocenters. The van der Waals surface area contributed by atoms with E-state index < -0.39 is 0 Å². The molecule has 3 heterocycles. The van der Waals surface area contributed by atoms with Gasteiger partial charge in [0.2, 0.25) is 0 Å². The Morgan fingerprint density at radius 3 is 2.43 bits per heavy atom. The third-order valence-electron chi connectivity index (χ3n) is 5.53. The van der Waals surface area contributed by atoms with Gasteiger partial charge >= 0.3 is 0 Å². The first kappa shape index (κ1) is 21.8. The number of pyridine rings is 1. The van der Waals surface area contributed by atoms with Crippen LogP contribution < -0.4 is 20.1 Å². The van der Waals surface area contributed by atoms with Crippen molar-refractivity contribution in [3.63, 3.8) is 0 Å². The number of nitrogens with zero attached hydrogens (tertiary/aromatic N) is 4. The molecule has 0 radical (unpaired) electrons. The highest BCUT2D eigenvalue weighted by atomic mass is 16.5. The van der Waals surface area contributed by atoms with Gasteiger partial charge < -0.3 is 20.1 Å². The molecule has 0 unspecified atom stereocenters. The number of hydrogen-bond acceptors (Lipinski definition) is 7. The van der Waals surface area contributed by atoms with E-state index in [0.29, 0.717) is 28.5 Å². The highest BCUT2D eigenvalue weighted by Crippen LogP contribution is 2.35. The fourth-order valence-electron chi connectivity index (χ4n) is 3.78. The van der Waals surface area contributed by atoms with Gasteiger partial charge in [0.15, 0.2) is 11.5 Å². The number of aromatic nitrogens is 3. The molecule has 8 nitrogen and oxygen atoms in total. The number of methoxy groups -OCH3 is 1. The van der Waals surface area contributed by atoms with Crippen molar-refractivity contribution in [1.29, 1.82) is 5.26 Å². The third kappa shape index (κ3) is 4.43. The van der Waals surface area contributed by atoms with E-state index in [0.717, 1.165) is 28.3 Å². The van der Waals surface area contributed by atoms with Gasteiger partial charge in [-0.05, 0) is 55.5 Å². The van der Waals surface area contributed by atoms with Crippen molar-refractivity contribution in [3.05, 3.63) is 96.4 Å². The van der Waals surface area contributed by atoms with Gasteiger partial charge in [-0.3, -0.25) is 0 Å². The highest BCUT2D eigenvalue weighted by Gasteiger charge is 2.16. The van der Waals surface area contributed by atoms with Crippen molar-refractivity contribution in [3.8, 4) is 23.3 Å². The van der Waals surface area contributed by atoms with Crippen LogP contribution >= 0.6 is 0 Å². The molecule has 0 fully saturated rings. The summed E-state index contributed by atoms with van der Waals surface area (Å²) in [5.74, 6) is 2.69. The number of benzene rings is 2. The minimum Gasteiger partial charge on any atom is -0.493 e. The lowest BCUT2D eigenvalue weighted by molar-refractivity contribution is 0.379. The summed E-state index contributed by atoms with van der Waals surface area (Å²) < 4.78 is 13.1. The van der Waals surface area contributed by atoms with Crippen molar-refractivity contribution in [2.24, 2.45) is 0 Å². The Morgan fingerprint density at radius 1 is 0.943 bits per heavy atom. The van der Waals surface area contributed by atoms with Gasteiger partial charge in [0.05, 0.1) is 42.0 Å². The van der Waals surface area contributed by atoms with Crippen LogP contribution in [0.25, 0.3) is 5.52 Å². The van der Waals surface area contributed by atoms with Crippen molar-refractivity contribution >= 4 is 28.4 Å². The summed E-state index contributed by atoms with van der Waals surface area (Å²) in [4.78, 5) is 4.33. The van der Waals surface area contributed by atoms with Crippen LogP contribution in [0, 0.1) is 18.3 Å². The van der Waals surface area contributed by atoms with Crippen molar-refractivity contribution in [1.82, 2.24) is 14.6 Å². The van der Waals surface area contributed by atoms with E-state index in [4.69, 9.17) is 9.47 Å². The van der Waals surface area contributed by atoms with Crippen LogP contribution in [0.4, 0.5) is 22.9 Å². The number of rotatable bonds is 7. The molecular formula is C27H22N6O2. The van der Waals surface area contributed by atoms with E-state index >= 15 is 0 Å². The van der Waals surface area contributed by atoms with Gasteiger partial charge in [0.1, 0.15) is 17.6 Å². The summed E-state index contributed by atoms with van der Waals surface area (Å²) in [5.41, 5.74) is 4.53. The molecule has 5 rings (SSSR count). The summed E-state index contributed by atoms with van der Waals surface area (Å²) >= 11 is 0. The lowest BCUT2D eigenvalue weighted by Gasteiger charge is -2.13. The smallest absolute Gasteiger partial charge is 0.169 e. The van der Waals surface area contributed by atoms with Crippen LogP contribution in [0.15, 0.2) is 85.3 Å². The van der Waals surface area contributed by atoms with Gasteiger partial charge in [0, 0.05) is 17.4 Å². The minimum absolute atomic E-state index is 0.442. The molecule has 0 spiro atoms. The molecule has 172 valence electrons. The molecule has 0 bridgehead atoms. The molecule has 0 aliphatic carbocycles. The second-order valence-electron chi connectivity index (χ2n) is 7.75. The predicted molar refractivity (Wildman–Crippen MR) is 135 cm³/mol. The van der Waals surface area contributed by atoms with Crippen LogP contribution in [0.3, 0.4) is 0 Å². The molecule has 0 aliphatic heterocycles. The average molecular weight is 463 g/mol. The number of nitriles is 1. The molecule has 0 saturated carbocycles. The summed E-state index contributed by atoms with van der Waals surface area (Å²) in [6.45, 7) is 1.98. The lowest BCUT2D eigenvalue weighted by Crippen LogP contribution is -2.01. The standard InChI is InChI=1S/C27H22N6O2/c1-18-22(32-25-9-5-6-14-29-25)17-33-27(18)26(19(15-28)16-30-33)31-20-10-12-21(13-11-20)35-24-8-4-3-7-23(24)34-2/h3-14,16-17,31H,1-2H3,(H,29,32). The normalized spacial score (nSPS) is 10.5. The summed E-state index contributed by atoms with van der Waals surface area (Å²) in [7, 11) is 1.61. The largest absolute Gasteiger partial charge is 0.493 e. The van der Waals surface area contributed by atoms with Crippen LogP contribution in [-0.4, -0.2) is 21.7 Å². The maximum absolute atomic E-state index is 9.75. The van der Waals surface area contributed by atoms with E-state index in [1.165, 1.54) is 0 Å². The van der Waals surface area contributed by atoms with Crippen molar-refractivity contribution in [2.75, 3.05) is 17.7 Å². The first-order valence-electron chi connectivity index (χ1n) is 10.9. The molecule has 35 heavy (non-hydrogen) atoms. The molecular weight excluding hydrogens is 440 g/mol. The van der Waals surface area contributed by atoms with Gasteiger partial charge in [-0.2, -0.15) is 10.4 Å². The Morgan fingerprint density at radius 2 is 1.71 bits per heavy atom. The van der Waals surface area contributed by atoms with Gasteiger partial charge in [-0.25, -0.2) is 9.50 Å². The SMILES string of the molecule is COc1ccccc1Oc1ccc(Nc2c(C#N)cnn3cc(Nc4ccccn4)c(C)c23)cc1. The molecule has 5 aromatic rings.